The van der Waals surface area contributed by atoms with Crippen LogP contribution in [0.5, 0.6) is 5.75 Å². The normalized spacial score (nSPS) is 11.0. The summed E-state index contributed by atoms with van der Waals surface area (Å²) >= 11 is 0. The van der Waals surface area contributed by atoms with Crippen molar-refractivity contribution in [3.05, 3.63) is 59.7 Å². The quantitative estimate of drug-likeness (QED) is 0.778. The SMILES string of the molecule is CNCc1cc(COc2cccc3cccnc23)c(C)o1. The van der Waals surface area contributed by atoms with E-state index in [9.17, 15) is 0 Å². The van der Waals surface area contributed by atoms with E-state index in [1.165, 1.54) is 0 Å². The highest BCUT2D eigenvalue weighted by Gasteiger charge is 2.09. The Bertz CT molecular complexity index is 744. The predicted octanol–water partition coefficient (Wildman–Crippen LogP) is 3.43. The van der Waals surface area contributed by atoms with Gasteiger partial charge in [0.15, 0.2) is 0 Å². The number of nitrogens with zero attached hydrogens (tertiary/aromatic N) is 1. The van der Waals surface area contributed by atoms with E-state index < -0.39 is 0 Å². The van der Waals surface area contributed by atoms with Gasteiger partial charge in [-0.3, -0.25) is 4.98 Å². The summed E-state index contributed by atoms with van der Waals surface area (Å²) in [7, 11) is 1.90. The third-order valence-electron chi connectivity index (χ3n) is 3.40. The lowest BCUT2D eigenvalue weighted by molar-refractivity contribution is 0.306. The largest absolute Gasteiger partial charge is 0.486 e. The molecular weight excluding hydrogens is 264 g/mol. The second-order valence-corrected chi connectivity index (χ2v) is 4.94. The fraction of sp³-hybridized carbons (Fsp3) is 0.235. The molecule has 3 aromatic rings. The van der Waals surface area contributed by atoms with Gasteiger partial charge >= 0.3 is 0 Å². The van der Waals surface area contributed by atoms with E-state index in [4.69, 9.17) is 9.15 Å². The zero-order valence-corrected chi connectivity index (χ0v) is 12.2. The molecule has 3 rings (SSSR count). The first-order valence-electron chi connectivity index (χ1n) is 6.97. The minimum atomic E-state index is 0.481. The fourth-order valence-corrected chi connectivity index (χ4v) is 2.34. The molecule has 0 bridgehead atoms. The molecule has 2 aromatic heterocycles. The minimum Gasteiger partial charge on any atom is -0.486 e. The number of hydrogen-bond acceptors (Lipinski definition) is 4. The van der Waals surface area contributed by atoms with Gasteiger partial charge in [0.05, 0.1) is 6.54 Å². The Morgan fingerprint density at radius 3 is 2.95 bits per heavy atom. The lowest BCUT2D eigenvalue weighted by Crippen LogP contribution is -2.03. The topological polar surface area (TPSA) is 47.3 Å². The average molecular weight is 282 g/mol. The van der Waals surface area contributed by atoms with Gasteiger partial charge in [0.1, 0.15) is 29.4 Å². The lowest BCUT2D eigenvalue weighted by Gasteiger charge is -2.07. The Morgan fingerprint density at radius 1 is 1.24 bits per heavy atom. The molecule has 1 N–H and O–H groups in total. The van der Waals surface area contributed by atoms with Gasteiger partial charge in [0.2, 0.25) is 0 Å². The van der Waals surface area contributed by atoms with Crippen molar-refractivity contribution in [1.82, 2.24) is 10.3 Å². The number of hydrogen-bond donors (Lipinski definition) is 1. The number of aromatic nitrogens is 1. The molecule has 0 fully saturated rings. The van der Waals surface area contributed by atoms with Crippen molar-refractivity contribution < 1.29 is 9.15 Å². The highest BCUT2D eigenvalue weighted by atomic mass is 16.5. The van der Waals surface area contributed by atoms with Crippen LogP contribution in [0.15, 0.2) is 47.0 Å². The molecule has 108 valence electrons. The van der Waals surface area contributed by atoms with Crippen LogP contribution in [0.25, 0.3) is 10.9 Å². The van der Waals surface area contributed by atoms with Crippen LogP contribution in [0.2, 0.25) is 0 Å². The fourth-order valence-electron chi connectivity index (χ4n) is 2.34. The lowest BCUT2D eigenvalue weighted by atomic mass is 10.2. The highest BCUT2D eigenvalue weighted by molar-refractivity contribution is 5.84. The van der Waals surface area contributed by atoms with Gasteiger partial charge < -0.3 is 14.5 Å². The van der Waals surface area contributed by atoms with Crippen molar-refractivity contribution in [3.8, 4) is 5.75 Å². The summed E-state index contributed by atoms with van der Waals surface area (Å²) in [6.45, 7) is 3.16. The van der Waals surface area contributed by atoms with Gasteiger partial charge in [-0.25, -0.2) is 0 Å². The van der Waals surface area contributed by atoms with Crippen LogP contribution in [-0.4, -0.2) is 12.0 Å². The number of benzene rings is 1. The molecule has 4 nitrogen and oxygen atoms in total. The maximum Gasteiger partial charge on any atom is 0.146 e. The number of fused-ring (bicyclic) bond motifs is 1. The molecule has 21 heavy (non-hydrogen) atoms. The molecule has 0 amide bonds. The number of furan rings is 1. The van der Waals surface area contributed by atoms with Crippen LogP contribution in [0.4, 0.5) is 0 Å². The summed E-state index contributed by atoms with van der Waals surface area (Å²) in [6, 6.07) is 11.9. The summed E-state index contributed by atoms with van der Waals surface area (Å²) in [5, 5.41) is 4.16. The standard InChI is InChI=1S/C17H18N2O2/c1-12-14(9-15(21-12)10-18-2)11-20-16-7-3-5-13-6-4-8-19-17(13)16/h3-9,18H,10-11H2,1-2H3. The number of aryl methyl sites for hydroxylation is 1. The van der Waals surface area contributed by atoms with Crippen molar-refractivity contribution in [2.45, 2.75) is 20.1 Å². The Labute approximate surface area is 123 Å². The van der Waals surface area contributed by atoms with Crippen LogP contribution >= 0.6 is 0 Å². The van der Waals surface area contributed by atoms with E-state index in [0.717, 1.165) is 40.3 Å². The number of rotatable bonds is 5. The Balaban J connectivity index is 1.80. The molecule has 0 aliphatic rings. The molecule has 0 atom stereocenters. The number of nitrogens with one attached hydrogen (secondary N) is 1. The van der Waals surface area contributed by atoms with Crippen molar-refractivity contribution in [2.24, 2.45) is 0 Å². The second kappa shape index (κ2) is 5.97. The van der Waals surface area contributed by atoms with E-state index in [0.29, 0.717) is 6.61 Å². The summed E-state index contributed by atoms with van der Waals surface area (Å²) in [5.41, 5.74) is 1.95. The van der Waals surface area contributed by atoms with Crippen molar-refractivity contribution in [2.75, 3.05) is 7.05 Å². The number of ether oxygens (including phenoxy) is 1. The van der Waals surface area contributed by atoms with Gasteiger partial charge in [-0.1, -0.05) is 18.2 Å². The molecular formula is C17H18N2O2. The summed E-state index contributed by atoms with van der Waals surface area (Å²) < 4.78 is 11.6. The number of para-hydroxylation sites is 1. The minimum absolute atomic E-state index is 0.481. The Hall–Kier alpha value is -2.33. The molecule has 1 aromatic carbocycles. The van der Waals surface area contributed by atoms with Gasteiger partial charge in [0, 0.05) is 17.1 Å². The third kappa shape index (κ3) is 2.90. The molecule has 0 saturated heterocycles. The highest BCUT2D eigenvalue weighted by Crippen LogP contribution is 2.25. The van der Waals surface area contributed by atoms with E-state index in [1.54, 1.807) is 6.20 Å². The van der Waals surface area contributed by atoms with Crippen molar-refractivity contribution >= 4 is 10.9 Å². The molecule has 0 spiro atoms. The van der Waals surface area contributed by atoms with Crippen molar-refractivity contribution in [3.63, 3.8) is 0 Å². The van der Waals surface area contributed by atoms with Crippen LogP contribution in [0, 0.1) is 6.92 Å². The summed E-state index contributed by atoms with van der Waals surface area (Å²) in [6.07, 6.45) is 1.78. The van der Waals surface area contributed by atoms with Crippen molar-refractivity contribution in [1.29, 1.82) is 0 Å². The third-order valence-corrected chi connectivity index (χ3v) is 3.40. The smallest absolute Gasteiger partial charge is 0.146 e. The van der Waals surface area contributed by atoms with Crippen LogP contribution < -0.4 is 10.1 Å². The predicted molar refractivity (Wildman–Crippen MR) is 82.3 cm³/mol. The van der Waals surface area contributed by atoms with E-state index in [1.807, 2.05) is 50.4 Å². The van der Waals surface area contributed by atoms with Gasteiger partial charge in [-0.05, 0) is 32.2 Å². The van der Waals surface area contributed by atoms with E-state index >= 15 is 0 Å². The Morgan fingerprint density at radius 2 is 2.10 bits per heavy atom. The Kier molecular flexibility index (Phi) is 3.88. The molecule has 0 saturated carbocycles. The monoisotopic (exact) mass is 282 g/mol. The van der Waals surface area contributed by atoms with E-state index in [-0.39, 0.29) is 0 Å². The molecule has 0 unspecified atom stereocenters. The summed E-state index contributed by atoms with van der Waals surface area (Å²) in [5.74, 6) is 2.61. The van der Waals surface area contributed by atoms with E-state index in [2.05, 4.69) is 10.3 Å². The maximum atomic E-state index is 5.93. The first kappa shape index (κ1) is 13.6. The molecule has 2 heterocycles. The maximum absolute atomic E-state index is 5.93. The molecule has 0 aliphatic heterocycles. The van der Waals surface area contributed by atoms with Crippen LogP contribution in [0.3, 0.4) is 0 Å². The zero-order chi connectivity index (χ0) is 14.7. The van der Waals surface area contributed by atoms with Gasteiger partial charge in [-0.2, -0.15) is 0 Å². The number of pyridine rings is 1. The van der Waals surface area contributed by atoms with Crippen LogP contribution in [-0.2, 0) is 13.2 Å². The second-order valence-electron chi connectivity index (χ2n) is 4.94. The first-order chi connectivity index (χ1) is 10.3. The molecule has 4 heteroatoms. The zero-order valence-electron chi connectivity index (χ0n) is 12.2. The average Bonchev–Trinajstić information content (AvgIpc) is 2.85. The first-order valence-corrected chi connectivity index (χ1v) is 6.97. The van der Waals surface area contributed by atoms with Gasteiger partial charge in [0.25, 0.3) is 0 Å². The molecule has 0 radical (unpaired) electrons. The molecule has 0 aliphatic carbocycles. The summed E-state index contributed by atoms with van der Waals surface area (Å²) in [4.78, 5) is 4.39. The van der Waals surface area contributed by atoms with Gasteiger partial charge in [-0.15, -0.1) is 0 Å². The van der Waals surface area contributed by atoms with Crippen LogP contribution in [0.1, 0.15) is 17.1 Å².